The van der Waals surface area contributed by atoms with Crippen LogP contribution in [0.3, 0.4) is 0 Å². The Bertz CT molecular complexity index is 538. The lowest BCUT2D eigenvalue weighted by Crippen LogP contribution is -2.04. The molecule has 3 rings (SSSR count). The molecular weight excluding hydrogens is 200 g/mol. The van der Waals surface area contributed by atoms with Crippen molar-refractivity contribution in [2.24, 2.45) is 5.92 Å². The molecule has 1 unspecified atom stereocenters. The molecule has 0 amide bonds. The van der Waals surface area contributed by atoms with Crippen molar-refractivity contribution in [2.75, 3.05) is 0 Å². The summed E-state index contributed by atoms with van der Waals surface area (Å²) in [5.41, 5.74) is 2.92. The smallest absolute Gasteiger partial charge is 0.167 e. The second-order valence-corrected chi connectivity index (χ2v) is 4.29. The van der Waals surface area contributed by atoms with E-state index in [-0.39, 0.29) is 11.7 Å². The van der Waals surface area contributed by atoms with Gasteiger partial charge in [0, 0.05) is 17.0 Å². The quantitative estimate of drug-likeness (QED) is 0.725. The predicted molar refractivity (Wildman–Crippen MR) is 61.3 cm³/mol. The summed E-state index contributed by atoms with van der Waals surface area (Å²) in [6.07, 6.45) is 2.49. The van der Waals surface area contributed by atoms with E-state index in [4.69, 9.17) is 4.42 Å². The Morgan fingerprint density at radius 1 is 1.25 bits per heavy atom. The molecule has 0 spiro atoms. The number of carbonyl (C=O) groups is 1. The Labute approximate surface area is 93.9 Å². The monoisotopic (exact) mass is 212 g/mol. The molecule has 0 saturated carbocycles. The van der Waals surface area contributed by atoms with Crippen LogP contribution in [-0.4, -0.2) is 5.78 Å². The van der Waals surface area contributed by atoms with Crippen molar-refractivity contribution in [1.29, 1.82) is 0 Å². The van der Waals surface area contributed by atoms with E-state index in [0.717, 1.165) is 28.9 Å². The fourth-order valence-electron chi connectivity index (χ4n) is 2.37. The molecule has 1 aromatic heterocycles. The highest BCUT2D eigenvalue weighted by Crippen LogP contribution is 2.34. The van der Waals surface area contributed by atoms with E-state index in [0.29, 0.717) is 0 Å². The summed E-state index contributed by atoms with van der Waals surface area (Å²) >= 11 is 0. The Morgan fingerprint density at radius 2 is 2.12 bits per heavy atom. The molecular formula is C14H12O2. The summed E-state index contributed by atoms with van der Waals surface area (Å²) in [4.78, 5) is 12.1. The third-order valence-electron chi connectivity index (χ3n) is 3.16. The van der Waals surface area contributed by atoms with Crippen LogP contribution in [0.1, 0.15) is 22.8 Å². The van der Waals surface area contributed by atoms with Gasteiger partial charge in [-0.15, -0.1) is 0 Å². The molecule has 2 nitrogen and oxygen atoms in total. The molecule has 2 heteroatoms. The van der Waals surface area contributed by atoms with Gasteiger partial charge in [0.1, 0.15) is 5.76 Å². The number of Topliss-reactive ketones (excluding diaryl/α,β-unsaturated/α-hetero) is 1. The molecule has 2 aromatic rings. The van der Waals surface area contributed by atoms with Crippen LogP contribution < -0.4 is 0 Å². The van der Waals surface area contributed by atoms with Crippen LogP contribution >= 0.6 is 0 Å². The number of furan rings is 1. The number of benzene rings is 1. The van der Waals surface area contributed by atoms with Crippen molar-refractivity contribution >= 4 is 5.78 Å². The van der Waals surface area contributed by atoms with Gasteiger partial charge in [-0.1, -0.05) is 25.1 Å². The first kappa shape index (κ1) is 9.40. The van der Waals surface area contributed by atoms with Crippen molar-refractivity contribution in [3.05, 3.63) is 47.7 Å². The lowest BCUT2D eigenvalue weighted by atomic mass is 10.0. The third-order valence-corrected chi connectivity index (χ3v) is 3.16. The van der Waals surface area contributed by atoms with Gasteiger partial charge in [0.15, 0.2) is 5.78 Å². The first-order valence-corrected chi connectivity index (χ1v) is 5.47. The molecule has 0 radical (unpaired) electrons. The summed E-state index contributed by atoms with van der Waals surface area (Å²) in [5, 5.41) is 0. The SMILES string of the molecule is CC1Cc2cccc(-c3ccco3)c2C1=O. The summed E-state index contributed by atoms with van der Waals surface area (Å²) in [6.45, 7) is 1.98. The zero-order chi connectivity index (χ0) is 11.1. The number of ketones is 1. The Kier molecular flexibility index (Phi) is 1.96. The molecule has 0 N–H and O–H groups in total. The van der Waals surface area contributed by atoms with E-state index in [9.17, 15) is 4.79 Å². The zero-order valence-electron chi connectivity index (χ0n) is 9.07. The number of fused-ring (bicyclic) bond motifs is 1. The van der Waals surface area contributed by atoms with E-state index in [1.807, 2.05) is 37.3 Å². The minimum absolute atomic E-state index is 0.103. The first-order chi connectivity index (χ1) is 7.77. The van der Waals surface area contributed by atoms with E-state index in [2.05, 4.69) is 0 Å². The molecule has 0 saturated heterocycles. The number of carbonyl (C=O) groups excluding carboxylic acids is 1. The molecule has 0 fully saturated rings. The van der Waals surface area contributed by atoms with Gasteiger partial charge in [-0.05, 0) is 24.1 Å². The van der Waals surface area contributed by atoms with Crippen molar-refractivity contribution in [3.8, 4) is 11.3 Å². The maximum absolute atomic E-state index is 12.1. The summed E-state index contributed by atoms with van der Waals surface area (Å²) in [5.74, 6) is 1.12. The minimum atomic E-state index is 0.103. The van der Waals surface area contributed by atoms with Crippen LogP contribution in [0, 0.1) is 5.92 Å². The minimum Gasteiger partial charge on any atom is -0.464 e. The van der Waals surface area contributed by atoms with Crippen LogP contribution in [0.2, 0.25) is 0 Å². The lowest BCUT2D eigenvalue weighted by molar-refractivity contribution is 0.0946. The Hall–Kier alpha value is -1.83. The van der Waals surface area contributed by atoms with E-state index in [1.54, 1.807) is 6.26 Å². The number of rotatable bonds is 1. The molecule has 0 aliphatic heterocycles. The number of hydrogen-bond donors (Lipinski definition) is 0. The van der Waals surface area contributed by atoms with Crippen molar-refractivity contribution < 1.29 is 9.21 Å². The van der Waals surface area contributed by atoms with Gasteiger partial charge in [0.2, 0.25) is 0 Å². The third kappa shape index (κ3) is 1.23. The molecule has 16 heavy (non-hydrogen) atoms. The van der Waals surface area contributed by atoms with Gasteiger partial charge >= 0.3 is 0 Å². The Morgan fingerprint density at radius 3 is 2.88 bits per heavy atom. The highest BCUT2D eigenvalue weighted by atomic mass is 16.3. The van der Waals surface area contributed by atoms with Gasteiger partial charge in [-0.25, -0.2) is 0 Å². The maximum Gasteiger partial charge on any atom is 0.167 e. The van der Waals surface area contributed by atoms with Gasteiger partial charge in [-0.3, -0.25) is 4.79 Å². The fourth-order valence-corrected chi connectivity index (χ4v) is 2.37. The Balaban J connectivity index is 2.23. The van der Waals surface area contributed by atoms with Crippen molar-refractivity contribution in [2.45, 2.75) is 13.3 Å². The first-order valence-electron chi connectivity index (χ1n) is 5.47. The van der Waals surface area contributed by atoms with Crippen LogP contribution in [0.15, 0.2) is 41.0 Å². The average Bonchev–Trinajstić information content (AvgIpc) is 2.88. The standard InChI is InChI=1S/C14H12O2/c1-9-8-10-4-2-5-11(13(10)14(9)15)12-6-3-7-16-12/h2-7,9H,8H2,1H3. The topological polar surface area (TPSA) is 30.2 Å². The molecule has 80 valence electrons. The average molecular weight is 212 g/mol. The molecule has 1 aliphatic carbocycles. The van der Waals surface area contributed by atoms with Crippen molar-refractivity contribution in [3.63, 3.8) is 0 Å². The molecule has 1 aromatic carbocycles. The van der Waals surface area contributed by atoms with E-state index in [1.165, 1.54) is 0 Å². The summed E-state index contributed by atoms with van der Waals surface area (Å²) < 4.78 is 5.38. The van der Waals surface area contributed by atoms with Gasteiger partial charge in [-0.2, -0.15) is 0 Å². The molecule has 1 aliphatic rings. The van der Waals surface area contributed by atoms with Crippen LogP contribution in [0.4, 0.5) is 0 Å². The van der Waals surface area contributed by atoms with Crippen molar-refractivity contribution in [1.82, 2.24) is 0 Å². The summed E-state index contributed by atoms with van der Waals surface area (Å²) in [6, 6.07) is 9.71. The molecule has 0 bridgehead atoms. The van der Waals surface area contributed by atoms with E-state index >= 15 is 0 Å². The lowest BCUT2D eigenvalue weighted by Gasteiger charge is -2.04. The predicted octanol–water partition coefficient (Wildman–Crippen LogP) is 3.32. The molecule has 1 heterocycles. The summed E-state index contributed by atoms with van der Waals surface area (Å²) in [7, 11) is 0. The van der Waals surface area contributed by atoms with Crippen LogP contribution in [0.25, 0.3) is 11.3 Å². The number of hydrogen-bond acceptors (Lipinski definition) is 2. The highest BCUT2D eigenvalue weighted by Gasteiger charge is 2.29. The second-order valence-electron chi connectivity index (χ2n) is 4.29. The fraction of sp³-hybridized carbons (Fsp3) is 0.214. The zero-order valence-corrected chi connectivity index (χ0v) is 9.07. The van der Waals surface area contributed by atoms with Gasteiger partial charge < -0.3 is 4.42 Å². The normalized spacial score (nSPS) is 18.8. The largest absolute Gasteiger partial charge is 0.464 e. The van der Waals surface area contributed by atoms with E-state index < -0.39 is 0 Å². The van der Waals surface area contributed by atoms with Gasteiger partial charge in [0.05, 0.1) is 6.26 Å². The van der Waals surface area contributed by atoms with Crippen LogP contribution in [0.5, 0.6) is 0 Å². The molecule has 1 atom stereocenters. The van der Waals surface area contributed by atoms with Gasteiger partial charge in [0.25, 0.3) is 0 Å². The van der Waals surface area contributed by atoms with Crippen LogP contribution in [-0.2, 0) is 6.42 Å². The highest BCUT2D eigenvalue weighted by molar-refractivity contribution is 6.07. The maximum atomic E-state index is 12.1. The second kappa shape index (κ2) is 3.34.